The smallest absolute Gasteiger partial charge is 0.358 e. The van der Waals surface area contributed by atoms with Crippen molar-refractivity contribution < 1.29 is 9.53 Å². The van der Waals surface area contributed by atoms with Gasteiger partial charge in [-0.1, -0.05) is 0 Å². The van der Waals surface area contributed by atoms with Crippen LogP contribution in [-0.2, 0) is 18.2 Å². The molecule has 0 aliphatic carbocycles. The van der Waals surface area contributed by atoms with Crippen LogP contribution in [0.15, 0.2) is 6.07 Å². The lowest BCUT2D eigenvalue weighted by Gasteiger charge is -2.07. The normalized spacial score (nSPS) is 20.0. The van der Waals surface area contributed by atoms with Gasteiger partial charge in [-0.15, -0.1) is 0 Å². The molecule has 88 valence electrons. The first-order valence-electron chi connectivity index (χ1n) is 5.52. The average molecular weight is 223 g/mol. The SMILES string of the molecule is COC(=O)c1cc(CC2CCNC2)n(C)n1. The molecular weight excluding hydrogens is 206 g/mol. The van der Waals surface area contributed by atoms with Gasteiger partial charge in [-0.2, -0.15) is 5.10 Å². The van der Waals surface area contributed by atoms with Gasteiger partial charge in [0, 0.05) is 12.7 Å². The van der Waals surface area contributed by atoms with Crippen LogP contribution in [0.4, 0.5) is 0 Å². The Morgan fingerprint density at radius 1 is 1.75 bits per heavy atom. The number of ether oxygens (including phenoxy) is 1. The van der Waals surface area contributed by atoms with E-state index in [1.165, 1.54) is 13.5 Å². The van der Waals surface area contributed by atoms with Gasteiger partial charge in [-0.3, -0.25) is 4.68 Å². The quantitative estimate of drug-likeness (QED) is 0.752. The zero-order chi connectivity index (χ0) is 11.5. The summed E-state index contributed by atoms with van der Waals surface area (Å²) in [6.45, 7) is 2.14. The van der Waals surface area contributed by atoms with E-state index in [2.05, 4.69) is 15.2 Å². The maximum atomic E-state index is 11.3. The largest absolute Gasteiger partial charge is 0.464 e. The topological polar surface area (TPSA) is 56.1 Å². The molecule has 0 radical (unpaired) electrons. The number of carbonyl (C=O) groups is 1. The molecule has 5 nitrogen and oxygen atoms in total. The van der Waals surface area contributed by atoms with Crippen LogP contribution in [0.5, 0.6) is 0 Å². The van der Waals surface area contributed by atoms with E-state index in [1.807, 2.05) is 13.1 Å². The standard InChI is InChI=1S/C11H17N3O2/c1-14-9(5-8-3-4-12-7-8)6-10(13-14)11(15)16-2/h6,8,12H,3-5,7H2,1-2H3. The first-order chi connectivity index (χ1) is 7.70. The van der Waals surface area contributed by atoms with Crippen LogP contribution in [0.3, 0.4) is 0 Å². The summed E-state index contributed by atoms with van der Waals surface area (Å²) >= 11 is 0. The Bertz CT molecular complexity index is 381. The van der Waals surface area contributed by atoms with Gasteiger partial charge in [0.15, 0.2) is 5.69 Å². The van der Waals surface area contributed by atoms with Crippen molar-refractivity contribution in [2.75, 3.05) is 20.2 Å². The van der Waals surface area contributed by atoms with Gasteiger partial charge < -0.3 is 10.1 Å². The summed E-state index contributed by atoms with van der Waals surface area (Å²) in [7, 11) is 3.24. The summed E-state index contributed by atoms with van der Waals surface area (Å²) in [6, 6.07) is 1.82. The molecule has 5 heteroatoms. The highest BCUT2D eigenvalue weighted by Gasteiger charge is 2.19. The van der Waals surface area contributed by atoms with Crippen LogP contribution in [0.2, 0.25) is 0 Å². The van der Waals surface area contributed by atoms with Gasteiger partial charge >= 0.3 is 5.97 Å². The van der Waals surface area contributed by atoms with Crippen molar-refractivity contribution in [2.45, 2.75) is 12.8 Å². The predicted octanol–water partition coefficient (Wildman–Crippen LogP) is 0.359. The lowest BCUT2D eigenvalue weighted by Crippen LogP contribution is -2.12. The van der Waals surface area contributed by atoms with Gasteiger partial charge in [0.2, 0.25) is 0 Å². The Morgan fingerprint density at radius 2 is 2.56 bits per heavy atom. The number of nitrogens with zero attached hydrogens (tertiary/aromatic N) is 2. The van der Waals surface area contributed by atoms with E-state index in [1.54, 1.807) is 4.68 Å². The number of methoxy groups -OCH3 is 1. The molecular formula is C11H17N3O2. The molecule has 0 aromatic carbocycles. The molecule has 0 spiro atoms. The maximum absolute atomic E-state index is 11.3. The molecule has 1 aliphatic rings. The van der Waals surface area contributed by atoms with Gasteiger partial charge in [0.1, 0.15) is 0 Å². The molecule has 0 bridgehead atoms. The lowest BCUT2D eigenvalue weighted by atomic mass is 10.0. The second-order valence-corrected chi connectivity index (χ2v) is 4.20. The molecule has 1 N–H and O–H groups in total. The van der Waals surface area contributed by atoms with E-state index in [0.29, 0.717) is 11.6 Å². The molecule has 2 rings (SSSR count). The molecule has 1 atom stereocenters. The summed E-state index contributed by atoms with van der Waals surface area (Å²) < 4.78 is 6.42. The highest BCUT2D eigenvalue weighted by molar-refractivity contribution is 5.87. The monoisotopic (exact) mass is 223 g/mol. The molecule has 1 aromatic rings. The summed E-state index contributed by atoms with van der Waals surface area (Å²) in [5.41, 5.74) is 1.49. The fraction of sp³-hybridized carbons (Fsp3) is 0.636. The van der Waals surface area contributed by atoms with E-state index >= 15 is 0 Å². The van der Waals surface area contributed by atoms with E-state index in [0.717, 1.165) is 25.2 Å². The molecule has 1 aromatic heterocycles. The third kappa shape index (κ3) is 2.24. The minimum Gasteiger partial charge on any atom is -0.464 e. The van der Waals surface area contributed by atoms with Crippen molar-refractivity contribution in [1.29, 1.82) is 0 Å². The number of hydrogen-bond donors (Lipinski definition) is 1. The highest BCUT2D eigenvalue weighted by Crippen LogP contribution is 2.15. The fourth-order valence-corrected chi connectivity index (χ4v) is 2.09. The lowest BCUT2D eigenvalue weighted by molar-refractivity contribution is 0.0593. The molecule has 0 amide bonds. The molecule has 1 aliphatic heterocycles. The van der Waals surface area contributed by atoms with Crippen molar-refractivity contribution in [3.63, 3.8) is 0 Å². The van der Waals surface area contributed by atoms with Crippen LogP contribution >= 0.6 is 0 Å². The van der Waals surface area contributed by atoms with E-state index in [-0.39, 0.29) is 5.97 Å². The Balaban J connectivity index is 2.08. The molecule has 16 heavy (non-hydrogen) atoms. The fourth-order valence-electron chi connectivity index (χ4n) is 2.09. The summed E-state index contributed by atoms with van der Waals surface area (Å²) in [5.74, 6) is 0.285. The molecule has 1 unspecified atom stereocenters. The Kier molecular flexibility index (Phi) is 3.24. The van der Waals surface area contributed by atoms with Crippen LogP contribution < -0.4 is 5.32 Å². The zero-order valence-corrected chi connectivity index (χ0v) is 9.69. The summed E-state index contributed by atoms with van der Waals surface area (Å²) in [6.07, 6.45) is 2.16. The molecule has 1 fully saturated rings. The number of nitrogens with one attached hydrogen (secondary N) is 1. The van der Waals surface area contributed by atoms with Gasteiger partial charge in [-0.05, 0) is 37.9 Å². The Morgan fingerprint density at radius 3 is 3.19 bits per heavy atom. The number of aromatic nitrogens is 2. The van der Waals surface area contributed by atoms with Crippen molar-refractivity contribution in [1.82, 2.24) is 15.1 Å². The zero-order valence-electron chi connectivity index (χ0n) is 9.69. The predicted molar refractivity (Wildman–Crippen MR) is 59.2 cm³/mol. The number of rotatable bonds is 3. The highest BCUT2D eigenvalue weighted by atomic mass is 16.5. The second-order valence-electron chi connectivity index (χ2n) is 4.20. The number of aryl methyl sites for hydroxylation is 1. The van der Waals surface area contributed by atoms with Crippen molar-refractivity contribution >= 4 is 5.97 Å². The maximum Gasteiger partial charge on any atom is 0.358 e. The van der Waals surface area contributed by atoms with Crippen molar-refractivity contribution in [2.24, 2.45) is 13.0 Å². The molecule has 2 heterocycles. The average Bonchev–Trinajstić information content (AvgIpc) is 2.89. The van der Waals surface area contributed by atoms with E-state index in [9.17, 15) is 4.79 Å². The number of esters is 1. The van der Waals surface area contributed by atoms with Gasteiger partial charge in [-0.25, -0.2) is 4.79 Å². The first-order valence-corrected chi connectivity index (χ1v) is 5.52. The van der Waals surface area contributed by atoms with E-state index in [4.69, 9.17) is 0 Å². The second kappa shape index (κ2) is 4.65. The van der Waals surface area contributed by atoms with Crippen LogP contribution in [0, 0.1) is 5.92 Å². The Labute approximate surface area is 94.8 Å². The third-order valence-corrected chi connectivity index (χ3v) is 3.03. The minimum atomic E-state index is -0.369. The number of carbonyl (C=O) groups excluding carboxylic acids is 1. The first kappa shape index (κ1) is 11.1. The van der Waals surface area contributed by atoms with Crippen molar-refractivity contribution in [3.8, 4) is 0 Å². The van der Waals surface area contributed by atoms with Crippen LogP contribution in [0.25, 0.3) is 0 Å². The summed E-state index contributed by atoms with van der Waals surface area (Å²) in [5, 5.41) is 7.48. The van der Waals surface area contributed by atoms with Gasteiger partial charge in [0.25, 0.3) is 0 Å². The van der Waals surface area contributed by atoms with Crippen LogP contribution in [0.1, 0.15) is 22.6 Å². The minimum absolute atomic E-state index is 0.369. The molecule has 1 saturated heterocycles. The third-order valence-electron chi connectivity index (χ3n) is 3.03. The molecule has 0 saturated carbocycles. The van der Waals surface area contributed by atoms with Gasteiger partial charge in [0.05, 0.1) is 7.11 Å². The Hall–Kier alpha value is -1.36. The summed E-state index contributed by atoms with van der Waals surface area (Å²) in [4.78, 5) is 11.3. The van der Waals surface area contributed by atoms with Crippen molar-refractivity contribution in [3.05, 3.63) is 17.5 Å². The number of hydrogen-bond acceptors (Lipinski definition) is 4. The van der Waals surface area contributed by atoms with E-state index < -0.39 is 0 Å². The van der Waals surface area contributed by atoms with Crippen LogP contribution in [-0.4, -0.2) is 35.9 Å².